The van der Waals surface area contributed by atoms with E-state index in [1.807, 2.05) is 6.07 Å². The lowest BCUT2D eigenvalue weighted by Gasteiger charge is -2.32. The van der Waals surface area contributed by atoms with Gasteiger partial charge in [0, 0.05) is 24.2 Å². The fourth-order valence-corrected chi connectivity index (χ4v) is 3.03. The van der Waals surface area contributed by atoms with Gasteiger partial charge in [0.15, 0.2) is 0 Å². The monoisotopic (exact) mass is 230 g/mol. The van der Waals surface area contributed by atoms with Crippen molar-refractivity contribution in [1.29, 1.82) is 0 Å². The molecule has 0 aromatic carbocycles. The van der Waals surface area contributed by atoms with Gasteiger partial charge in [-0.25, -0.2) is 4.98 Å². The van der Waals surface area contributed by atoms with Gasteiger partial charge >= 0.3 is 0 Å². The van der Waals surface area contributed by atoms with E-state index in [0.717, 1.165) is 25.1 Å². The minimum Gasteiger partial charge on any atom is -0.493 e. The molecule has 3 heteroatoms. The molecule has 17 heavy (non-hydrogen) atoms. The van der Waals surface area contributed by atoms with Crippen molar-refractivity contribution in [3.8, 4) is 5.88 Å². The molecule has 1 fully saturated rings. The van der Waals surface area contributed by atoms with E-state index in [4.69, 9.17) is 0 Å². The van der Waals surface area contributed by atoms with E-state index >= 15 is 0 Å². The van der Waals surface area contributed by atoms with Crippen LogP contribution in [0.1, 0.15) is 31.2 Å². The first kappa shape index (κ1) is 10.8. The van der Waals surface area contributed by atoms with Crippen molar-refractivity contribution in [2.75, 3.05) is 13.1 Å². The fourth-order valence-electron chi connectivity index (χ4n) is 3.03. The van der Waals surface area contributed by atoms with E-state index in [9.17, 15) is 5.11 Å². The number of allylic oxidation sites excluding steroid dienone is 1. The van der Waals surface area contributed by atoms with Crippen molar-refractivity contribution in [2.45, 2.75) is 25.7 Å². The maximum atomic E-state index is 9.20. The van der Waals surface area contributed by atoms with E-state index in [1.54, 1.807) is 12.3 Å². The zero-order valence-corrected chi connectivity index (χ0v) is 9.95. The molecule has 2 aliphatic rings. The predicted octanol–water partition coefficient (Wildman–Crippen LogP) is 2.33. The molecular weight excluding hydrogens is 212 g/mol. The van der Waals surface area contributed by atoms with Crippen LogP contribution < -0.4 is 5.32 Å². The van der Waals surface area contributed by atoms with E-state index in [2.05, 4.69) is 16.4 Å². The molecule has 1 aromatic heterocycles. The van der Waals surface area contributed by atoms with E-state index in [0.29, 0.717) is 5.41 Å². The second-order valence-electron chi connectivity index (χ2n) is 5.22. The van der Waals surface area contributed by atoms with Crippen molar-refractivity contribution in [2.24, 2.45) is 5.41 Å². The summed E-state index contributed by atoms with van der Waals surface area (Å²) in [5.41, 5.74) is 2.93. The van der Waals surface area contributed by atoms with Gasteiger partial charge in [0.2, 0.25) is 5.88 Å². The summed E-state index contributed by atoms with van der Waals surface area (Å²) in [5.74, 6) is 0.0985. The van der Waals surface area contributed by atoms with Gasteiger partial charge in [-0.3, -0.25) is 0 Å². The first-order valence-electron chi connectivity index (χ1n) is 6.35. The summed E-state index contributed by atoms with van der Waals surface area (Å²) in [6.07, 6.45) is 9.17. The number of hydrogen-bond donors (Lipinski definition) is 2. The van der Waals surface area contributed by atoms with Gasteiger partial charge in [-0.05, 0) is 49.4 Å². The summed E-state index contributed by atoms with van der Waals surface area (Å²) in [7, 11) is 0. The molecule has 1 spiro atoms. The molecule has 1 aliphatic heterocycles. The number of aromatic hydroxyl groups is 1. The lowest BCUT2D eigenvalue weighted by molar-refractivity contribution is 0.274. The summed E-state index contributed by atoms with van der Waals surface area (Å²) in [4.78, 5) is 3.96. The molecule has 1 aliphatic carbocycles. The van der Waals surface area contributed by atoms with Crippen LogP contribution in [0.15, 0.2) is 24.4 Å². The highest BCUT2D eigenvalue weighted by Gasteiger charge is 2.34. The normalized spacial score (nSPS) is 28.4. The molecule has 0 saturated carbocycles. The van der Waals surface area contributed by atoms with Crippen LogP contribution in [0.5, 0.6) is 5.88 Å². The Balaban J connectivity index is 1.85. The minimum absolute atomic E-state index is 0.0985. The van der Waals surface area contributed by atoms with Crippen LogP contribution in [0.4, 0.5) is 0 Å². The first-order chi connectivity index (χ1) is 8.27. The Bertz CT molecular complexity index is 430. The Hall–Kier alpha value is -1.35. The molecule has 0 bridgehead atoms. The molecule has 90 valence electrons. The van der Waals surface area contributed by atoms with Gasteiger partial charge < -0.3 is 10.4 Å². The van der Waals surface area contributed by atoms with Crippen LogP contribution >= 0.6 is 0 Å². The van der Waals surface area contributed by atoms with Gasteiger partial charge in [0.05, 0.1) is 0 Å². The molecule has 1 aromatic rings. The zero-order valence-electron chi connectivity index (χ0n) is 9.95. The highest BCUT2D eigenvalue weighted by molar-refractivity contribution is 5.68. The zero-order chi connectivity index (χ0) is 11.7. The van der Waals surface area contributed by atoms with Crippen molar-refractivity contribution < 1.29 is 5.11 Å². The third kappa shape index (κ3) is 2.07. The average Bonchev–Trinajstić information content (AvgIpc) is 2.75. The van der Waals surface area contributed by atoms with Gasteiger partial charge in [-0.2, -0.15) is 0 Å². The lowest BCUT2D eigenvalue weighted by atomic mass is 9.80. The maximum Gasteiger partial charge on any atom is 0.210 e. The number of aromatic nitrogens is 1. The van der Waals surface area contributed by atoms with Crippen LogP contribution in [0.2, 0.25) is 0 Å². The van der Waals surface area contributed by atoms with Crippen molar-refractivity contribution in [3.05, 3.63) is 30.0 Å². The lowest BCUT2D eigenvalue weighted by Crippen LogP contribution is -2.37. The Morgan fingerprint density at radius 3 is 2.94 bits per heavy atom. The third-order valence-corrected chi connectivity index (χ3v) is 4.00. The van der Waals surface area contributed by atoms with Gasteiger partial charge in [-0.1, -0.05) is 6.08 Å². The SMILES string of the molecule is Oc1ccc(C2=CC3(CCCNC3)CC2)cn1. The van der Waals surface area contributed by atoms with E-state index < -0.39 is 0 Å². The standard InChI is InChI=1S/C14H18N2O/c17-13-3-2-12(9-16-13)11-4-6-14(8-11)5-1-7-15-10-14/h2-3,8-9,15H,1,4-7,10H2,(H,16,17). The molecular formula is C14H18N2O. The summed E-state index contributed by atoms with van der Waals surface area (Å²) >= 11 is 0. The summed E-state index contributed by atoms with van der Waals surface area (Å²) in [6, 6.07) is 3.63. The minimum atomic E-state index is 0.0985. The summed E-state index contributed by atoms with van der Waals surface area (Å²) in [5, 5.41) is 12.7. The van der Waals surface area contributed by atoms with Gasteiger partial charge in [0.25, 0.3) is 0 Å². The number of nitrogens with zero attached hydrogens (tertiary/aromatic N) is 1. The Morgan fingerprint density at radius 1 is 1.29 bits per heavy atom. The quantitative estimate of drug-likeness (QED) is 0.778. The molecule has 0 radical (unpaired) electrons. The molecule has 2 heterocycles. The van der Waals surface area contributed by atoms with Crippen molar-refractivity contribution in [1.82, 2.24) is 10.3 Å². The molecule has 1 unspecified atom stereocenters. The molecule has 3 nitrogen and oxygen atoms in total. The highest BCUT2D eigenvalue weighted by Crippen LogP contribution is 2.44. The Morgan fingerprint density at radius 2 is 2.24 bits per heavy atom. The first-order valence-corrected chi connectivity index (χ1v) is 6.35. The second kappa shape index (κ2) is 4.15. The summed E-state index contributed by atoms with van der Waals surface area (Å²) in [6.45, 7) is 2.27. The molecule has 1 saturated heterocycles. The predicted molar refractivity (Wildman–Crippen MR) is 67.6 cm³/mol. The number of nitrogens with one attached hydrogen (secondary N) is 1. The third-order valence-electron chi connectivity index (χ3n) is 4.00. The van der Waals surface area contributed by atoms with Crippen LogP contribution in [-0.4, -0.2) is 23.2 Å². The highest BCUT2D eigenvalue weighted by atomic mass is 16.3. The Kier molecular flexibility index (Phi) is 2.63. The van der Waals surface area contributed by atoms with Gasteiger partial charge in [0.1, 0.15) is 0 Å². The molecule has 1 atom stereocenters. The number of piperidine rings is 1. The fraction of sp³-hybridized carbons (Fsp3) is 0.500. The second-order valence-corrected chi connectivity index (χ2v) is 5.22. The smallest absolute Gasteiger partial charge is 0.210 e. The topological polar surface area (TPSA) is 45.1 Å². The van der Waals surface area contributed by atoms with E-state index in [-0.39, 0.29) is 5.88 Å². The maximum absolute atomic E-state index is 9.20. The Labute approximate surface area is 102 Å². The summed E-state index contributed by atoms with van der Waals surface area (Å²) < 4.78 is 0. The molecule has 2 N–H and O–H groups in total. The largest absolute Gasteiger partial charge is 0.493 e. The van der Waals surface area contributed by atoms with Crippen LogP contribution in [0.3, 0.4) is 0 Å². The van der Waals surface area contributed by atoms with Crippen LogP contribution in [0.25, 0.3) is 5.57 Å². The average molecular weight is 230 g/mol. The van der Waals surface area contributed by atoms with Crippen molar-refractivity contribution in [3.63, 3.8) is 0 Å². The number of rotatable bonds is 1. The van der Waals surface area contributed by atoms with Gasteiger partial charge in [-0.15, -0.1) is 0 Å². The van der Waals surface area contributed by atoms with Crippen LogP contribution in [0, 0.1) is 5.41 Å². The number of hydrogen-bond acceptors (Lipinski definition) is 3. The van der Waals surface area contributed by atoms with E-state index in [1.165, 1.54) is 24.8 Å². The molecule has 3 rings (SSSR count). The molecule has 0 amide bonds. The van der Waals surface area contributed by atoms with Crippen molar-refractivity contribution >= 4 is 5.57 Å². The van der Waals surface area contributed by atoms with Crippen LogP contribution in [-0.2, 0) is 0 Å². The number of pyridine rings is 1.